The Morgan fingerprint density at radius 3 is 2.83 bits per heavy atom. The average molecular weight is 338 g/mol. The number of nitrogens with zero attached hydrogens (tertiary/aromatic N) is 6. The summed E-state index contributed by atoms with van der Waals surface area (Å²) < 4.78 is 26.4. The molecule has 4 heterocycles. The van der Waals surface area contributed by atoms with Crippen LogP contribution in [0.25, 0.3) is 11.2 Å². The van der Waals surface area contributed by atoms with Crippen molar-refractivity contribution >= 4 is 23.1 Å². The van der Waals surface area contributed by atoms with Crippen molar-refractivity contribution < 1.29 is 18.7 Å². The molecule has 2 saturated heterocycles. The van der Waals surface area contributed by atoms with Crippen LogP contribution in [-0.2, 0) is 6.54 Å². The molecule has 2 aliphatic rings. The number of fused-ring (bicyclic) bond motifs is 1. The van der Waals surface area contributed by atoms with Gasteiger partial charge in [0.1, 0.15) is 17.9 Å². The molecule has 8 nitrogen and oxygen atoms in total. The van der Waals surface area contributed by atoms with Crippen LogP contribution in [0.5, 0.6) is 0 Å². The minimum Gasteiger partial charge on any atom is -0.465 e. The van der Waals surface area contributed by atoms with Crippen LogP contribution in [-0.4, -0.2) is 68.5 Å². The third-order valence-electron chi connectivity index (χ3n) is 4.73. The number of hydrogen-bond acceptors (Lipinski definition) is 5. The number of alkyl halides is 2. The molecule has 2 aromatic heterocycles. The normalized spacial score (nSPS) is 19.5. The van der Waals surface area contributed by atoms with E-state index in [4.69, 9.17) is 5.11 Å². The molecule has 0 bridgehead atoms. The second-order valence-electron chi connectivity index (χ2n) is 6.47. The van der Waals surface area contributed by atoms with E-state index in [0.717, 1.165) is 17.6 Å². The van der Waals surface area contributed by atoms with E-state index in [9.17, 15) is 13.6 Å². The quantitative estimate of drug-likeness (QED) is 0.907. The molecule has 1 amide bonds. The smallest absolute Gasteiger partial charge is 0.407 e. The van der Waals surface area contributed by atoms with E-state index in [1.165, 1.54) is 11.1 Å². The number of halogens is 2. The molecule has 24 heavy (non-hydrogen) atoms. The predicted molar refractivity (Wildman–Crippen MR) is 80.2 cm³/mol. The van der Waals surface area contributed by atoms with E-state index in [1.54, 1.807) is 6.20 Å². The van der Waals surface area contributed by atoms with Crippen molar-refractivity contribution in [1.29, 1.82) is 0 Å². The van der Waals surface area contributed by atoms with Gasteiger partial charge in [0.25, 0.3) is 6.43 Å². The van der Waals surface area contributed by atoms with Crippen molar-refractivity contribution in [3.8, 4) is 0 Å². The van der Waals surface area contributed by atoms with Gasteiger partial charge in [-0.15, -0.1) is 0 Å². The highest BCUT2D eigenvalue weighted by Gasteiger charge is 2.49. The van der Waals surface area contributed by atoms with Gasteiger partial charge in [0.05, 0.1) is 12.4 Å². The molecule has 2 aliphatic heterocycles. The van der Waals surface area contributed by atoms with E-state index >= 15 is 0 Å². The van der Waals surface area contributed by atoms with Crippen LogP contribution in [0.3, 0.4) is 0 Å². The summed E-state index contributed by atoms with van der Waals surface area (Å²) in [6.45, 7) is 1.98. The molecule has 0 aliphatic carbocycles. The highest BCUT2D eigenvalue weighted by atomic mass is 19.3. The lowest BCUT2D eigenvalue weighted by atomic mass is 9.79. The van der Waals surface area contributed by atoms with Gasteiger partial charge >= 0.3 is 6.09 Å². The van der Waals surface area contributed by atoms with Crippen molar-refractivity contribution in [2.75, 3.05) is 31.1 Å². The summed E-state index contributed by atoms with van der Waals surface area (Å²) in [5.41, 5.74) is 0.793. The molecule has 1 spiro atoms. The van der Waals surface area contributed by atoms with Gasteiger partial charge in [-0.25, -0.2) is 28.2 Å². The first-order valence-corrected chi connectivity index (χ1v) is 7.65. The molecular weight excluding hydrogens is 322 g/mol. The van der Waals surface area contributed by atoms with Crippen LogP contribution in [0.15, 0.2) is 12.4 Å². The SMILES string of the molecule is O=C(O)N1CC2(CCN(c3cnc4cnn(CC(F)F)c4n3)C2)C1. The van der Waals surface area contributed by atoms with Crippen molar-refractivity contribution in [1.82, 2.24) is 24.6 Å². The summed E-state index contributed by atoms with van der Waals surface area (Å²) in [5.74, 6) is 0.615. The monoisotopic (exact) mass is 338 g/mol. The lowest BCUT2D eigenvalue weighted by Crippen LogP contribution is -2.59. The Bertz CT molecular complexity index is 789. The van der Waals surface area contributed by atoms with Gasteiger partial charge in [-0.2, -0.15) is 5.10 Å². The zero-order valence-electron chi connectivity index (χ0n) is 12.8. The van der Waals surface area contributed by atoms with Crippen molar-refractivity contribution in [3.63, 3.8) is 0 Å². The van der Waals surface area contributed by atoms with Crippen LogP contribution in [0.1, 0.15) is 6.42 Å². The Morgan fingerprint density at radius 2 is 2.12 bits per heavy atom. The van der Waals surface area contributed by atoms with Gasteiger partial charge in [-0.05, 0) is 6.42 Å². The maximum Gasteiger partial charge on any atom is 0.407 e. The standard InChI is InChI=1S/C14H16F2N6O2/c15-10(16)5-22-12-9(3-18-22)17-4-11(19-12)20-2-1-14(6-20)7-21(8-14)13(23)24/h3-4,10H,1-2,5-8H2,(H,23,24). The zero-order chi connectivity index (χ0) is 16.9. The summed E-state index contributed by atoms with van der Waals surface area (Å²) in [6.07, 6.45) is 0.522. The third kappa shape index (κ3) is 2.42. The Kier molecular flexibility index (Phi) is 3.29. The second-order valence-corrected chi connectivity index (χ2v) is 6.47. The largest absolute Gasteiger partial charge is 0.465 e. The fourth-order valence-electron chi connectivity index (χ4n) is 3.54. The van der Waals surface area contributed by atoms with Gasteiger partial charge < -0.3 is 14.9 Å². The van der Waals surface area contributed by atoms with E-state index in [0.29, 0.717) is 36.6 Å². The fourth-order valence-corrected chi connectivity index (χ4v) is 3.54. The van der Waals surface area contributed by atoms with Crippen molar-refractivity contribution in [2.24, 2.45) is 5.41 Å². The minimum atomic E-state index is -2.51. The Balaban J connectivity index is 1.54. The van der Waals surface area contributed by atoms with E-state index in [2.05, 4.69) is 15.1 Å². The van der Waals surface area contributed by atoms with Crippen LogP contribution in [0.4, 0.5) is 19.4 Å². The fraction of sp³-hybridized carbons (Fsp3) is 0.571. The maximum atomic E-state index is 12.6. The number of rotatable bonds is 3. The number of aromatic nitrogens is 4. The average Bonchev–Trinajstić information content (AvgIpc) is 3.09. The maximum absolute atomic E-state index is 12.6. The molecule has 0 radical (unpaired) electrons. The number of hydrogen-bond donors (Lipinski definition) is 1. The molecule has 4 rings (SSSR count). The number of carbonyl (C=O) groups is 1. The molecule has 2 aromatic rings. The lowest BCUT2D eigenvalue weighted by Gasteiger charge is -2.46. The van der Waals surface area contributed by atoms with Crippen LogP contribution in [0, 0.1) is 5.41 Å². The van der Waals surface area contributed by atoms with Crippen LogP contribution >= 0.6 is 0 Å². The van der Waals surface area contributed by atoms with Crippen molar-refractivity contribution in [2.45, 2.75) is 19.4 Å². The molecule has 10 heteroatoms. The van der Waals surface area contributed by atoms with E-state index in [1.807, 2.05) is 4.90 Å². The first kappa shape index (κ1) is 15.0. The molecule has 2 fully saturated rings. The number of anilines is 1. The summed E-state index contributed by atoms with van der Waals surface area (Å²) in [7, 11) is 0. The van der Waals surface area contributed by atoms with Gasteiger partial charge in [-0.3, -0.25) is 0 Å². The number of amides is 1. The Morgan fingerprint density at radius 1 is 1.33 bits per heavy atom. The lowest BCUT2D eigenvalue weighted by molar-refractivity contribution is 0.0251. The highest BCUT2D eigenvalue weighted by molar-refractivity contribution is 5.71. The highest BCUT2D eigenvalue weighted by Crippen LogP contribution is 2.40. The molecular formula is C14H16F2N6O2. The molecule has 0 saturated carbocycles. The third-order valence-corrected chi connectivity index (χ3v) is 4.73. The topological polar surface area (TPSA) is 87.4 Å². The number of carboxylic acid groups (broad SMARTS) is 1. The summed E-state index contributed by atoms with van der Waals surface area (Å²) >= 11 is 0. The predicted octanol–water partition coefficient (Wildman–Crippen LogP) is 1.28. The number of likely N-dealkylation sites (tertiary alicyclic amines) is 1. The molecule has 0 aromatic carbocycles. The first-order valence-electron chi connectivity index (χ1n) is 7.65. The molecule has 0 atom stereocenters. The first-order chi connectivity index (χ1) is 11.5. The van der Waals surface area contributed by atoms with Crippen LogP contribution < -0.4 is 4.90 Å². The van der Waals surface area contributed by atoms with Crippen LogP contribution in [0.2, 0.25) is 0 Å². The van der Waals surface area contributed by atoms with Gasteiger partial charge in [0, 0.05) is 31.6 Å². The van der Waals surface area contributed by atoms with Crippen molar-refractivity contribution in [3.05, 3.63) is 12.4 Å². The van der Waals surface area contributed by atoms with Gasteiger partial charge in [0.2, 0.25) is 0 Å². The molecule has 0 unspecified atom stereocenters. The Labute approximate surface area is 135 Å². The van der Waals surface area contributed by atoms with E-state index in [-0.39, 0.29) is 5.41 Å². The van der Waals surface area contributed by atoms with Gasteiger partial charge in [-0.1, -0.05) is 0 Å². The summed E-state index contributed by atoms with van der Waals surface area (Å²) in [4.78, 5) is 23.1. The minimum absolute atomic E-state index is 0.0295. The molecule has 128 valence electrons. The Hall–Kier alpha value is -2.52. The summed E-state index contributed by atoms with van der Waals surface area (Å²) in [5, 5.41) is 12.9. The van der Waals surface area contributed by atoms with E-state index < -0.39 is 19.1 Å². The molecule has 1 N–H and O–H groups in total. The second kappa shape index (κ2) is 5.25. The summed E-state index contributed by atoms with van der Waals surface area (Å²) in [6, 6.07) is 0. The van der Waals surface area contributed by atoms with Gasteiger partial charge in [0.15, 0.2) is 5.65 Å². The zero-order valence-corrected chi connectivity index (χ0v) is 12.8.